The number of halogens is 2. The number of para-hydroxylation sites is 2. The van der Waals surface area contributed by atoms with E-state index in [0.29, 0.717) is 13.0 Å². The predicted octanol–water partition coefficient (Wildman–Crippen LogP) is 4.20. The van der Waals surface area contributed by atoms with Crippen LogP contribution >= 0.6 is 24.8 Å². The van der Waals surface area contributed by atoms with E-state index in [-0.39, 0.29) is 36.3 Å². The zero-order valence-corrected chi connectivity index (χ0v) is 16.1. The lowest BCUT2D eigenvalue weighted by Gasteiger charge is -2.57. The number of nitrogens with one attached hydrogen (secondary N) is 2. The van der Waals surface area contributed by atoms with Crippen LogP contribution in [0.5, 0.6) is 0 Å². The molecule has 0 unspecified atom stereocenters. The van der Waals surface area contributed by atoms with Gasteiger partial charge in [0.1, 0.15) is 0 Å². The van der Waals surface area contributed by atoms with E-state index in [1.54, 1.807) is 0 Å². The maximum atomic E-state index is 11.9. The molecule has 0 aliphatic heterocycles. The Kier molecular flexibility index (Phi) is 6.63. The second kappa shape index (κ2) is 8.15. The largest absolute Gasteiger partial charge is 0.378 e. The van der Waals surface area contributed by atoms with Crippen LogP contribution in [0.15, 0.2) is 24.3 Å². The zero-order valence-electron chi connectivity index (χ0n) is 14.5. The third-order valence-corrected chi connectivity index (χ3v) is 6.01. The molecule has 4 aliphatic rings. The lowest BCUT2D eigenvalue weighted by atomic mass is 9.53. The van der Waals surface area contributed by atoms with Crippen LogP contribution in [0.25, 0.3) is 0 Å². The highest BCUT2D eigenvalue weighted by atomic mass is 35.5. The van der Waals surface area contributed by atoms with Crippen LogP contribution in [0.1, 0.15) is 44.9 Å². The average molecular weight is 386 g/mol. The van der Waals surface area contributed by atoms with Crippen LogP contribution in [0, 0.1) is 17.8 Å². The Morgan fingerprint density at radius 1 is 1.00 bits per heavy atom. The summed E-state index contributed by atoms with van der Waals surface area (Å²) in [4.78, 5) is 11.9. The fourth-order valence-electron chi connectivity index (χ4n) is 5.59. The van der Waals surface area contributed by atoms with Crippen molar-refractivity contribution >= 4 is 42.1 Å². The summed E-state index contributed by atoms with van der Waals surface area (Å²) in [5.74, 6) is 2.72. The van der Waals surface area contributed by atoms with Crippen LogP contribution in [0.2, 0.25) is 0 Å². The summed E-state index contributed by atoms with van der Waals surface area (Å²) < 4.78 is 0. The van der Waals surface area contributed by atoms with Crippen molar-refractivity contribution in [3.05, 3.63) is 24.3 Å². The lowest BCUT2D eigenvalue weighted by Crippen LogP contribution is -2.54. The minimum absolute atomic E-state index is 0. The molecule has 140 valence electrons. The molecule has 0 spiro atoms. The fraction of sp³-hybridized carbons (Fsp3) is 0.632. The highest BCUT2D eigenvalue weighted by Gasteiger charge is 2.51. The second-order valence-electron chi connectivity index (χ2n) is 7.96. The SMILES string of the molecule is Cl.Cl.NCCC(=O)Nc1ccccc1NC12CC3CC(CC(C3)C1)C2. The van der Waals surface area contributed by atoms with E-state index in [1.807, 2.05) is 18.2 Å². The van der Waals surface area contributed by atoms with Gasteiger partial charge >= 0.3 is 0 Å². The molecule has 4 saturated carbocycles. The number of nitrogens with two attached hydrogens (primary N) is 1. The summed E-state index contributed by atoms with van der Waals surface area (Å²) in [6.07, 6.45) is 8.57. The second-order valence-corrected chi connectivity index (χ2v) is 7.96. The van der Waals surface area contributed by atoms with Crippen LogP contribution in [-0.4, -0.2) is 18.0 Å². The Bertz CT molecular complexity index is 573. The molecule has 4 aliphatic carbocycles. The summed E-state index contributed by atoms with van der Waals surface area (Å²) in [6, 6.07) is 8.10. The molecule has 4 fully saturated rings. The van der Waals surface area contributed by atoms with Gasteiger partial charge < -0.3 is 16.4 Å². The van der Waals surface area contributed by atoms with Crippen LogP contribution in [-0.2, 0) is 4.79 Å². The third-order valence-electron chi connectivity index (χ3n) is 6.01. The molecule has 4 bridgehead atoms. The highest BCUT2D eigenvalue weighted by Crippen LogP contribution is 2.56. The van der Waals surface area contributed by atoms with E-state index < -0.39 is 0 Å². The van der Waals surface area contributed by atoms with Gasteiger partial charge in [-0.25, -0.2) is 0 Å². The van der Waals surface area contributed by atoms with E-state index in [1.165, 1.54) is 38.5 Å². The molecule has 1 aromatic rings. The number of anilines is 2. The number of carbonyl (C=O) groups excluding carboxylic acids is 1. The van der Waals surface area contributed by atoms with Gasteiger partial charge in [-0.15, -0.1) is 24.8 Å². The van der Waals surface area contributed by atoms with Gasteiger partial charge in [0, 0.05) is 18.5 Å². The van der Waals surface area contributed by atoms with E-state index in [0.717, 1.165) is 29.1 Å². The predicted molar refractivity (Wildman–Crippen MR) is 108 cm³/mol. The Labute approximate surface area is 162 Å². The van der Waals surface area contributed by atoms with Gasteiger partial charge in [0.25, 0.3) is 0 Å². The molecule has 0 heterocycles. The van der Waals surface area contributed by atoms with Crippen molar-refractivity contribution < 1.29 is 4.79 Å². The minimum atomic E-state index is -0.00716. The minimum Gasteiger partial charge on any atom is -0.378 e. The maximum Gasteiger partial charge on any atom is 0.225 e. The molecule has 5 rings (SSSR count). The molecule has 0 atom stereocenters. The monoisotopic (exact) mass is 385 g/mol. The fourth-order valence-corrected chi connectivity index (χ4v) is 5.59. The standard InChI is InChI=1S/C19H27N3O.2ClH/c20-6-5-18(23)21-16-3-1-2-4-17(16)22-19-10-13-7-14(11-19)9-15(8-13)12-19;;/h1-4,13-15,22H,5-12,20H2,(H,21,23);2*1H. The molecule has 1 aromatic carbocycles. The van der Waals surface area contributed by atoms with Crippen LogP contribution in [0.4, 0.5) is 11.4 Å². The van der Waals surface area contributed by atoms with Crippen LogP contribution in [0.3, 0.4) is 0 Å². The van der Waals surface area contributed by atoms with Crippen molar-refractivity contribution in [3.8, 4) is 0 Å². The van der Waals surface area contributed by atoms with Crippen molar-refractivity contribution in [2.45, 2.75) is 50.5 Å². The zero-order chi connectivity index (χ0) is 15.9. The first-order valence-electron chi connectivity index (χ1n) is 9.03. The van der Waals surface area contributed by atoms with E-state index in [4.69, 9.17) is 5.73 Å². The number of benzene rings is 1. The number of rotatable bonds is 5. The molecule has 25 heavy (non-hydrogen) atoms. The molecule has 4 N–H and O–H groups in total. The third kappa shape index (κ3) is 4.24. The molecular weight excluding hydrogens is 357 g/mol. The maximum absolute atomic E-state index is 11.9. The van der Waals surface area contributed by atoms with Crippen molar-refractivity contribution in [2.75, 3.05) is 17.2 Å². The Hall–Kier alpha value is -0.970. The van der Waals surface area contributed by atoms with Gasteiger partial charge in [-0.3, -0.25) is 4.79 Å². The van der Waals surface area contributed by atoms with Crippen molar-refractivity contribution in [2.24, 2.45) is 23.5 Å². The van der Waals surface area contributed by atoms with E-state index in [9.17, 15) is 4.79 Å². The first kappa shape index (κ1) is 20.3. The normalized spacial score (nSPS) is 31.6. The van der Waals surface area contributed by atoms with Crippen molar-refractivity contribution in [1.29, 1.82) is 0 Å². The average Bonchev–Trinajstić information content (AvgIpc) is 2.48. The van der Waals surface area contributed by atoms with Gasteiger partial charge in [-0.2, -0.15) is 0 Å². The van der Waals surface area contributed by atoms with Gasteiger partial charge in [0.15, 0.2) is 0 Å². The molecule has 1 amide bonds. The molecular formula is C19H29Cl2N3O. The number of hydrogen-bond acceptors (Lipinski definition) is 3. The molecule has 4 nitrogen and oxygen atoms in total. The first-order chi connectivity index (χ1) is 11.2. The summed E-state index contributed by atoms with van der Waals surface area (Å²) in [5.41, 5.74) is 7.69. The smallest absolute Gasteiger partial charge is 0.225 e. The summed E-state index contributed by atoms with van der Waals surface area (Å²) >= 11 is 0. The van der Waals surface area contributed by atoms with Gasteiger partial charge in [-0.05, 0) is 68.4 Å². The summed E-state index contributed by atoms with van der Waals surface area (Å²) in [6.45, 7) is 0.385. The molecule has 0 aromatic heterocycles. The van der Waals surface area contributed by atoms with E-state index >= 15 is 0 Å². The quantitative estimate of drug-likeness (QED) is 0.711. The number of amides is 1. The lowest BCUT2D eigenvalue weighted by molar-refractivity contribution is -0.116. The first-order valence-corrected chi connectivity index (χ1v) is 9.03. The van der Waals surface area contributed by atoms with E-state index in [2.05, 4.69) is 16.7 Å². The van der Waals surface area contributed by atoms with Gasteiger partial charge in [0.2, 0.25) is 5.91 Å². The summed E-state index contributed by atoms with van der Waals surface area (Å²) in [7, 11) is 0. The molecule has 0 saturated heterocycles. The number of carbonyl (C=O) groups is 1. The van der Waals surface area contributed by atoms with Gasteiger partial charge in [0.05, 0.1) is 11.4 Å². The van der Waals surface area contributed by atoms with Crippen molar-refractivity contribution in [3.63, 3.8) is 0 Å². The Morgan fingerprint density at radius 3 is 2.04 bits per heavy atom. The number of hydrogen-bond donors (Lipinski definition) is 3. The van der Waals surface area contributed by atoms with Gasteiger partial charge in [-0.1, -0.05) is 12.1 Å². The molecule has 6 heteroatoms. The topological polar surface area (TPSA) is 67.2 Å². The summed E-state index contributed by atoms with van der Waals surface area (Å²) in [5, 5.41) is 6.87. The highest BCUT2D eigenvalue weighted by molar-refractivity contribution is 5.94. The van der Waals surface area contributed by atoms with Crippen LogP contribution < -0.4 is 16.4 Å². The Morgan fingerprint density at radius 2 is 1.52 bits per heavy atom. The Balaban J connectivity index is 0.00000113. The van der Waals surface area contributed by atoms with Crippen molar-refractivity contribution in [1.82, 2.24) is 0 Å². The molecule has 0 radical (unpaired) electrons.